The maximum Gasteiger partial charge on any atom is 0.273 e. The van der Waals surface area contributed by atoms with E-state index in [0.29, 0.717) is 49.4 Å². The van der Waals surface area contributed by atoms with Gasteiger partial charge in [0.2, 0.25) is 0 Å². The zero-order valence-electron chi connectivity index (χ0n) is 21.3. The number of benzene rings is 2. The number of nitrogens with one attached hydrogen (secondary N) is 2. The number of carbonyl (C=O) groups is 3. The van der Waals surface area contributed by atoms with Crippen LogP contribution >= 0.6 is 0 Å². The minimum atomic E-state index is -0.218. The lowest BCUT2D eigenvalue weighted by Crippen LogP contribution is -2.27. The summed E-state index contributed by atoms with van der Waals surface area (Å²) in [5, 5.41) is 14.2. The second kappa shape index (κ2) is 12.3. The standard InChI is InChI=1S/C28H33N5O4/c1-3-29-27(35)21-10-14-23(15-11-21)33-25(26(31-32-33)28(36)30-22-12-13-22)5-4-18-37-24-16-8-20(9-17-24)7-6-19(2)34/h8-11,14-17,22H,3-7,12-13,18H2,1-2H3,(H,29,35)(H,30,36). The average Bonchev–Trinajstić information content (AvgIpc) is 3.61. The summed E-state index contributed by atoms with van der Waals surface area (Å²) in [6.07, 6.45) is 4.42. The molecule has 0 unspecified atom stereocenters. The summed E-state index contributed by atoms with van der Waals surface area (Å²) < 4.78 is 7.57. The Labute approximate surface area is 216 Å². The van der Waals surface area contributed by atoms with Crippen LogP contribution in [0.2, 0.25) is 0 Å². The van der Waals surface area contributed by atoms with Crippen LogP contribution in [0, 0.1) is 0 Å². The van der Waals surface area contributed by atoms with Crippen molar-refractivity contribution in [1.29, 1.82) is 0 Å². The van der Waals surface area contributed by atoms with Crippen molar-refractivity contribution in [1.82, 2.24) is 25.6 Å². The molecular weight excluding hydrogens is 470 g/mol. The molecule has 0 bridgehead atoms. The van der Waals surface area contributed by atoms with Crippen molar-refractivity contribution in [3.05, 3.63) is 71.0 Å². The van der Waals surface area contributed by atoms with E-state index >= 15 is 0 Å². The van der Waals surface area contributed by atoms with Gasteiger partial charge in [0, 0.05) is 24.6 Å². The van der Waals surface area contributed by atoms with E-state index in [9.17, 15) is 14.4 Å². The highest BCUT2D eigenvalue weighted by Crippen LogP contribution is 2.21. The van der Waals surface area contributed by atoms with Crippen LogP contribution in [0.4, 0.5) is 0 Å². The number of aryl methyl sites for hydroxylation is 1. The number of carbonyl (C=O) groups excluding carboxylic acids is 3. The highest BCUT2D eigenvalue weighted by molar-refractivity contribution is 5.94. The molecule has 194 valence electrons. The van der Waals surface area contributed by atoms with Crippen LogP contribution in [-0.4, -0.2) is 51.8 Å². The Morgan fingerprint density at radius 3 is 2.38 bits per heavy atom. The van der Waals surface area contributed by atoms with Crippen molar-refractivity contribution in [3.63, 3.8) is 0 Å². The van der Waals surface area contributed by atoms with Crippen LogP contribution in [0.25, 0.3) is 5.69 Å². The fourth-order valence-corrected chi connectivity index (χ4v) is 3.91. The first kappa shape index (κ1) is 26.1. The molecule has 0 aliphatic heterocycles. The van der Waals surface area contributed by atoms with Crippen molar-refractivity contribution in [2.75, 3.05) is 13.2 Å². The minimum absolute atomic E-state index is 0.138. The van der Waals surface area contributed by atoms with Gasteiger partial charge in [0.1, 0.15) is 11.5 Å². The molecule has 1 aromatic heterocycles. The van der Waals surface area contributed by atoms with Crippen molar-refractivity contribution >= 4 is 17.6 Å². The number of aromatic nitrogens is 3. The van der Waals surface area contributed by atoms with Gasteiger partial charge in [-0.3, -0.25) is 9.59 Å². The number of ether oxygens (including phenoxy) is 1. The number of Topliss-reactive ketones (excluding diaryl/α,β-unsaturated/α-hetero) is 1. The Balaban J connectivity index is 1.42. The molecule has 0 atom stereocenters. The van der Waals surface area contributed by atoms with E-state index in [4.69, 9.17) is 4.74 Å². The first-order valence-corrected chi connectivity index (χ1v) is 12.8. The van der Waals surface area contributed by atoms with Gasteiger partial charge in [0.15, 0.2) is 5.69 Å². The van der Waals surface area contributed by atoms with Crippen molar-refractivity contribution in [2.45, 2.75) is 58.4 Å². The van der Waals surface area contributed by atoms with Gasteiger partial charge < -0.3 is 20.2 Å². The summed E-state index contributed by atoms with van der Waals surface area (Å²) in [6, 6.07) is 15.0. The lowest BCUT2D eigenvalue weighted by atomic mass is 10.1. The van der Waals surface area contributed by atoms with Crippen molar-refractivity contribution in [3.8, 4) is 11.4 Å². The molecular formula is C28H33N5O4. The molecule has 1 aliphatic carbocycles. The molecule has 4 rings (SSSR count). The van der Waals surface area contributed by atoms with E-state index in [1.54, 1.807) is 35.9 Å². The van der Waals surface area contributed by atoms with Crippen LogP contribution in [0.3, 0.4) is 0 Å². The monoisotopic (exact) mass is 503 g/mol. The van der Waals surface area contributed by atoms with Crippen molar-refractivity contribution < 1.29 is 19.1 Å². The molecule has 1 aliphatic rings. The van der Waals surface area contributed by atoms with Crippen LogP contribution in [0.1, 0.15) is 71.6 Å². The SMILES string of the molecule is CCNC(=O)c1ccc(-n2nnc(C(=O)NC3CC3)c2CCCOc2ccc(CCC(C)=O)cc2)cc1. The van der Waals surface area contributed by atoms with Gasteiger partial charge in [-0.2, -0.15) is 0 Å². The number of ketones is 1. The van der Waals surface area contributed by atoms with Crippen LogP contribution in [0.15, 0.2) is 48.5 Å². The summed E-state index contributed by atoms with van der Waals surface area (Å²) in [6.45, 7) is 4.48. The summed E-state index contributed by atoms with van der Waals surface area (Å²) in [7, 11) is 0. The lowest BCUT2D eigenvalue weighted by Gasteiger charge is -2.11. The predicted octanol–water partition coefficient (Wildman–Crippen LogP) is 3.44. The Kier molecular flexibility index (Phi) is 8.66. The molecule has 9 nitrogen and oxygen atoms in total. The maximum absolute atomic E-state index is 12.8. The van der Waals surface area contributed by atoms with Crippen LogP contribution < -0.4 is 15.4 Å². The Hall–Kier alpha value is -4.01. The summed E-state index contributed by atoms with van der Waals surface area (Å²) in [4.78, 5) is 36.1. The van der Waals surface area contributed by atoms with Gasteiger partial charge in [-0.1, -0.05) is 17.3 Å². The van der Waals surface area contributed by atoms with Crippen LogP contribution in [0.5, 0.6) is 5.75 Å². The molecule has 2 amide bonds. The molecule has 2 N–H and O–H groups in total. The zero-order valence-corrected chi connectivity index (χ0v) is 21.3. The number of hydrogen-bond acceptors (Lipinski definition) is 6. The Morgan fingerprint density at radius 2 is 1.73 bits per heavy atom. The Bertz CT molecular complexity index is 1230. The molecule has 0 saturated heterocycles. The van der Waals surface area contributed by atoms with Gasteiger partial charge in [-0.25, -0.2) is 4.68 Å². The van der Waals surface area contributed by atoms with E-state index < -0.39 is 0 Å². The molecule has 37 heavy (non-hydrogen) atoms. The van der Waals surface area contributed by atoms with Gasteiger partial charge in [0.25, 0.3) is 11.8 Å². The molecule has 2 aromatic carbocycles. The highest BCUT2D eigenvalue weighted by atomic mass is 16.5. The quantitative estimate of drug-likeness (QED) is 0.345. The number of nitrogens with zero attached hydrogens (tertiary/aromatic N) is 3. The van der Waals surface area contributed by atoms with Gasteiger partial charge in [-0.15, -0.1) is 5.10 Å². The summed E-state index contributed by atoms with van der Waals surface area (Å²) >= 11 is 0. The normalized spacial score (nSPS) is 12.7. The molecule has 3 aromatic rings. The van der Waals surface area contributed by atoms with E-state index in [1.165, 1.54) is 0 Å². The lowest BCUT2D eigenvalue weighted by molar-refractivity contribution is -0.116. The fourth-order valence-electron chi connectivity index (χ4n) is 3.91. The first-order valence-electron chi connectivity index (χ1n) is 12.8. The third-order valence-corrected chi connectivity index (χ3v) is 6.12. The van der Waals surface area contributed by atoms with Crippen molar-refractivity contribution in [2.24, 2.45) is 0 Å². The average molecular weight is 504 g/mol. The third-order valence-electron chi connectivity index (χ3n) is 6.12. The van der Waals surface area contributed by atoms with Gasteiger partial charge in [0.05, 0.1) is 18.0 Å². The fraction of sp³-hybridized carbons (Fsp3) is 0.393. The minimum Gasteiger partial charge on any atom is -0.494 e. The summed E-state index contributed by atoms with van der Waals surface area (Å²) in [5.74, 6) is 0.578. The number of rotatable bonds is 13. The second-order valence-corrected chi connectivity index (χ2v) is 9.25. The third kappa shape index (κ3) is 7.25. The molecule has 0 spiro atoms. The predicted molar refractivity (Wildman–Crippen MR) is 139 cm³/mol. The topological polar surface area (TPSA) is 115 Å². The number of hydrogen-bond donors (Lipinski definition) is 2. The molecule has 0 radical (unpaired) electrons. The number of amides is 2. The largest absolute Gasteiger partial charge is 0.494 e. The van der Waals surface area contributed by atoms with E-state index in [0.717, 1.165) is 36.3 Å². The van der Waals surface area contributed by atoms with E-state index in [1.807, 2.05) is 31.2 Å². The molecule has 9 heteroatoms. The summed E-state index contributed by atoms with van der Waals surface area (Å²) in [5.41, 5.74) is 3.39. The van der Waals surface area contributed by atoms with Gasteiger partial charge >= 0.3 is 0 Å². The molecule has 1 heterocycles. The maximum atomic E-state index is 12.8. The van der Waals surface area contributed by atoms with Crippen LogP contribution in [-0.2, 0) is 17.6 Å². The van der Waals surface area contributed by atoms with Gasteiger partial charge in [-0.05, 0) is 87.9 Å². The molecule has 1 saturated carbocycles. The first-order chi connectivity index (χ1) is 17.9. The van der Waals surface area contributed by atoms with E-state index in [-0.39, 0.29) is 23.6 Å². The zero-order chi connectivity index (χ0) is 26.2. The molecule has 1 fully saturated rings. The second-order valence-electron chi connectivity index (χ2n) is 9.25. The van der Waals surface area contributed by atoms with E-state index in [2.05, 4.69) is 20.9 Å². The smallest absolute Gasteiger partial charge is 0.273 e. The Morgan fingerprint density at radius 1 is 1.00 bits per heavy atom. The highest BCUT2D eigenvalue weighted by Gasteiger charge is 2.27.